The number of amides is 1. The Kier molecular flexibility index (Phi) is 8.19. The fourth-order valence-corrected chi connectivity index (χ4v) is 1.52. The maximum atomic E-state index is 11.7. The highest BCUT2D eigenvalue weighted by molar-refractivity contribution is 5.85. The van der Waals surface area contributed by atoms with Gasteiger partial charge < -0.3 is 15.8 Å². The lowest BCUT2D eigenvalue weighted by Gasteiger charge is -2.15. The molecule has 0 aliphatic rings. The molecule has 0 aliphatic carbocycles. The number of rotatable bonds is 6. The minimum atomic E-state index is -0.152. The van der Waals surface area contributed by atoms with Crippen LogP contribution in [0.4, 0.5) is 0 Å². The fourth-order valence-electron chi connectivity index (χ4n) is 1.52. The van der Waals surface area contributed by atoms with Crippen LogP contribution < -0.4 is 15.8 Å². The number of carbonyl (C=O) groups excluding carboxylic acids is 1. The fraction of sp³-hybridized carbons (Fsp3) is 0.500. The summed E-state index contributed by atoms with van der Waals surface area (Å²) in [7, 11) is 1.64. The molecule has 0 radical (unpaired) electrons. The second kappa shape index (κ2) is 8.77. The van der Waals surface area contributed by atoms with Gasteiger partial charge >= 0.3 is 0 Å². The smallest absolute Gasteiger partial charge is 0.224 e. The number of benzene rings is 1. The van der Waals surface area contributed by atoms with Crippen molar-refractivity contribution in [2.75, 3.05) is 13.7 Å². The number of ether oxygens (including phenoxy) is 1. The van der Waals surface area contributed by atoms with Crippen LogP contribution in [0, 0.1) is 5.92 Å². The van der Waals surface area contributed by atoms with Gasteiger partial charge in [0.15, 0.2) is 0 Å². The van der Waals surface area contributed by atoms with E-state index in [9.17, 15) is 4.79 Å². The molecule has 1 rings (SSSR count). The number of methoxy groups -OCH3 is 1. The van der Waals surface area contributed by atoms with Crippen LogP contribution >= 0.6 is 12.4 Å². The highest BCUT2D eigenvalue weighted by Crippen LogP contribution is 2.11. The Morgan fingerprint density at radius 1 is 1.32 bits per heavy atom. The van der Waals surface area contributed by atoms with E-state index in [1.165, 1.54) is 5.56 Å². The molecule has 4 nitrogen and oxygen atoms in total. The van der Waals surface area contributed by atoms with Gasteiger partial charge in [-0.25, -0.2) is 0 Å². The monoisotopic (exact) mass is 286 g/mol. The second-order valence-electron chi connectivity index (χ2n) is 4.54. The molecule has 2 atom stereocenters. The first-order chi connectivity index (χ1) is 8.54. The molecular formula is C14H23ClN2O2. The molecule has 0 spiro atoms. The van der Waals surface area contributed by atoms with Gasteiger partial charge in [0.2, 0.25) is 5.91 Å². The van der Waals surface area contributed by atoms with Crippen LogP contribution in [0.1, 0.15) is 19.4 Å². The lowest BCUT2D eigenvalue weighted by molar-refractivity contribution is -0.124. The van der Waals surface area contributed by atoms with Gasteiger partial charge in [-0.15, -0.1) is 12.4 Å². The van der Waals surface area contributed by atoms with Crippen LogP contribution in [0.15, 0.2) is 24.3 Å². The van der Waals surface area contributed by atoms with Crippen molar-refractivity contribution in [1.29, 1.82) is 0 Å². The third-order valence-electron chi connectivity index (χ3n) is 3.07. The Hall–Kier alpha value is -1.26. The molecule has 0 aromatic heterocycles. The lowest BCUT2D eigenvalue weighted by Crippen LogP contribution is -2.39. The van der Waals surface area contributed by atoms with Gasteiger partial charge in [-0.3, -0.25) is 4.79 Å². The summed E-state index contributed by atoms with van der Waals surface area (Å²) in [6.45, 7) is 4.31. The topological polar surface area (TPSA) is 64.3 Å². The second-order valence-corrected chi connectivity index (χ2v) is 4.54. The minimum absolute atomic E-state index is 0. The largest absolute Gasteiger partial charge is 0.497 e. The van der Waals surface area contributed by atoms with Crippen molar-refractivity contribution >= 4 is 18.3 Å². The first-order valence-electron chi connectivity index (χ1n) is 6.21. The average Bonchev–Trinajstić information content (AvgIpc) is 2.38. The maximum absolute atomic E-state index is 11.7. The average molecular weight is 287 g/mol. The zero-order valence-corrected chi connectivity index (χ0v) is 12.5. The summed E-state index contributed by atoms with van der Waals surface area (Å²) in [5.74, 6) is 0.702. The van der Waals surface area contributed by atoms with E-state index in [1.807, 2.05) is 38.1 Å². The van der Waals surface area contributed by atoms with Crippen molar-refractivity contribution in [2.45, 2.75) is 26.3 Å². The summed E-state index contributed by atoms with van der Waals surface area (Å²) in [6, 6.07) is 7.72. The Balaban J connectivity index is 0.00000324. The van der Waals surface area contributed by atoms with Crippen molar-refractivity contribution in [3.8, 4) is 5.75 Å². The highest BCUT2D eigenvalue weighted by Gasteiger charge is 2.15. The summed E-state index contributed by atoms with van der Waals surface area (Å²) in [5, 5.41) is 2.89. The van der Waals surface area contributed by atoms with E-state index in [-0.39, 0.29) is 30.3 Å². The number of nitrogens with one attached hydrogen (secondary N) is 1. The summed E-state index contributed by atoms with van der Waals surface area (Å²) < 4.78 is 5.09. The number of hydrogen-bond acceptors (Lipinski definition) is 3. The lowest BCUT2D eigenvalue weighted by atomic mass is 10.0. The summed E-state index contributed by atoms with van der Waals surface area (Å²) in [5.41, 5.74) is 6.85. The normalized spacial score (nSPS) is 13.1. The number of nitrogens with two attached hydrogens (primary N) is 1. The van der Waals surface area contributed by atoms with Crippen LogP contribution in [-0.2, 0) is 11.2 Å². The SMILES string of the molecule is COc1ccc(CCNC(=O)C(C)C(C)N)cc1.Cl. The molecule has 0 heterocycles. The number of halogens is 1. The molecular weight excluding hydrogens is 264 g/mol. The third-order valence-corrected chi connectivity index (χ3v) is 3.07. The highest BCUT2D eigenvalue weighted by atomic mass is 35.5. The van der Waals surface area contributed by atoms with E-state index in [1.54, 1.807) is 7.11 Å². The maximum Gasteiger partial charge on any atom is 0.224 e. The van der Waals surface area contributed by atoms with E-state index in [0.29, 0.717) is 6.54 Å². The zero-order valence-electron chi connectivity index (χ0n) is 11.7. The molecule has 1 amide bonds. The Labute approximate surface area is 121 Å². The summed E-state index contributed by atoms with van der Waals surface area (Å²) >= 11 is 0. The van der Waals surface area contributed by atoms with Gasteiger partial charge in [-0.2, -0.15) is 0 Å². The number of hydrogen-bond donors (Lipinski definition) is 2. The van der Waals surface area contributed by atoms with Crippen molar-refractivity contribution in [2.24, 2.45) is 11.7 Å². The Morgan fingerprint density at radius 2 is 1.89 bits per heavy atom. The van der Waals surface area contributed by atoms with Crippen LogP contribution in [0.5, 0.6) is 5.75 Å². The molecule has 0 saturated carbocycles. The van der Waals surface area contributed by atoms with Crippen LogP contribution in [0.2, 0.25) is 0 Å². The molecule has 0 saturated heterocycles. The summed E-state index contributed by atoms with van der Waals surface area (Å²) in [4.78, 5) is 11.7. The van der Waals surface area contributed by atoms with Gasteiger partial charge in [0.05, 0.1) is 7.11 Å². The Bertz CT molecular complexity index is 380. The zero-order chi connectivity index (χ0) is 13.5. The van der Waals surface area contributed by atoms with Gasteiger partial charge in [0, 0.05) is 18.5 Å². The molecule has 2 unspecified atom stereocenters. The predicted octanol–water partition coefficient (Wildman–Crippen LogP) is 1.76. The van der Waals surface area contributed by atoms with E-state index >= 15 is 0 Å². The predicted molar refractivity (Wildman–Crippen MR) is 79.8 cm³/mol. The molecule has 0 bridgehead atoms. The van der Waals surface area contributed by atoms with E-state index < -0.39 is 0 Å². The quantitative estimate of drug-likeness (QED) is 0.837. The third kappa shape index (κ3) is 5.94. The van der Waals surface area contributed by atoms with Crippen LogP contribution in [-0.4, -0.2) is 25.6 Å². The molecule has 0 aliphatic heterocycles. The van der Waals surface area contributed by atoms with Crippen molar-refractivity contribution in [3.05, 3.63) is 29.8 Å². The van der Waals surface area contributed by atoms with Crippen molar-refractivity contribution in [3.63, 3.8) is 0 Å². The molecule has 1 aromatic rings. The molecule has 5 heteroatoms. The first-order valence-corrected chi connectivity index (χ1v) is 6.21. The van der Waals surface area contributed by atoms with E-state index in [2.05, 4.69) is 5.32 Å². The molecule has 108 valence electrons. The molecule has 0 fully saturated rings. The van der Waals surface area contributed by atoms with Gasteiger partial charge in [0.25, 0.3) is 0 Å². The van der Waals surface area contributed by atoms with Crippen molar-refractivity contribution in [1.82, 2.24) is 5.32 Å². The minimum Gasteiger partial charge on any atom is -0.497 e. The molecule has 3 N–H and O–H groups in total. The van der Waals surface area contributed by atoms with Gasteiger partial charge in [-0.05, 0) is 31.0 Å². The van der Waals surface area contributed by atoms with Gasteiger partial charge in [-0.1, -0.05) is 19.1 Å². The Morgan fingerprint density at radius 3 is 2.37 bits per heavy atom. The van der Waals surface area contributed by atoms with Crippen molar-refractivity contribution < 1.29 is 9.53 Å². The van der Waals surface area contributed by atoms with Gasteiger partial charge in [0.1, 0.15) is 5.75 Å². The summed E-state index contributed by atoms with van der Waals surface area (Å²) in [6.07, 6.45) is 0.807. The first kappa shape index (κ1) is 17.7. The van der Waals surface area contributed by atoms with E-state index in [0.717, 1.165) is 12.2 Å². The number of carbonyl (C=O) groups is 1. The molecule has 1 aromatic carbocycles. The van der Waals surface area contributed by atoms with Crippen LogP contribution in [0.25, 0.3) is 0 Å². The van der Waals surface area contributed by atoms with E-state index in [4.69, 9.17) is 10.5 Å². The van der Waals surface area contributed by atoms with Crippen LogP contribution in [0.3, 0.4) is 0 Å². The standard InChI is InChI=1S/C14H22N2O2.ClH/c1-10(11(2)15)14(17)16-9-8-12-4-6-13(18-3)7-5-12;/h4-7,10-11H,8-9,15H2,1-3H3,(H,16,17);1H. The molecule has 19 heavy (non-hydrogen) atoms.